The van der Waals surface area contributed by atoms with E-state index in [-0.39, 0.29) is 36.9 Å². The van der Waals surface area contributed by atoms with Crippen LogP contribution in [-0.4, -0.2) is 78.0 Å². The molecule has 0 N–H and O–H groups in total. The van der Waals surface area contributed by atoms with Gasteiger partial charge in [-0.1, -0.05) is 24.3 Å². The molecule has 1 saturated heterocycles. The summed E-state index contributed by atoms with van der Waals surface area (Å²) < 4.78 is 57.9. The number of anilines is 1. The Morgan fingerprint density at radius 2 is 1.64 bits per heavy atom. The number of nitrogens with zero attached hydrogens (tertiary/aromatic N) is 3. The molecular formula is C22H29N3O6S2. The number of ether oxygens (including phenoxy) is 1. The molecule has 3 rings (SSSR count). The number of hydrogen-bond acceptors (Lipinski definition) is 6. The fourth-order valence-electron chi connectivity index (χ4n) is 3.70. The second-order valence-corrected chi connectivity index (χ2v) is 11.6. The van der Waals surface area contributed by atoms with Gasteiger partial charge >= 0.3 is 0 Å². The first-order valence-electron chi connectivity index (χ1n) is 10.6. The lowest BCUT2D eigenvalue weighted by Crippen LogP contribution is -2.50. The van der Waals surface area contributed by atoms with Gasteiger partial charge in [0.1, 0.15) is 5.75 Å². The van der Waals surface area contributed by atoms with Crippen molar-refractivity contribution >= 4 is 31.6 Å². The predicted octanol–water partition coefficient (Wildman–Crippen LogP) is 1.77. The van der Waals surface area contributed by atoms with Crippen molar-refractivity contribution in [2.75, 3.05) is 50.4 Å². The van der Waals surface area contributed by atoms with Crippen LogP contribution >= 0.6 is 0 Å². The number of carbonyl (C=O) groups is 1. The first-order valence-corrected chi connectivity index (χ1v) is 13.9. The van der Waals surface area contributed by atoms with E-state index >= 15 is 0 Å². The molecular weight excluding hydrogens is 466 g/mol. The van der Waals surface area contributed by atoms with Gasteiger partial charge in [-0.3, -0.25) is 9.10 Å². The molecule has 0 bridgehead atoms. The van der Waals surface area contributed by atoms with Gasteiger partial charge in [-0.15, -0.1) is 0 Å². The SMILES string of the molecule is COc1cccc(N(CCCC(=O)N2CCN(S(=O)(=O)c3ccccc3)CC2)S(C)(=O)=O)c1. The second-order valence-electron chi connectivity index (χ2n) is 7.74. The van der Waals surface area contributed by atoms with Crippen molar-refractivity contribution in [2.45, 2.75) is 17.7 Å². The molecule has 2 aromatic carbocycles. The molecule has 0 aromatic heterocycles. The van der Waals surface area contributed by atoms with Gasteiger partial charge in [-0.05, 0) is 30.7 Å². The maximum atomic E-state index is 12.7. The quantitative estimate of drug-likeness (QED) is 0.525. The van der Waals surface area contributed by atoms with Crippen LogP contribution in [0.5, 0.6) is 5.75 Å². The molecule has 0 unspecified atom stereocenters. The van der Waals surface area contributed by atoms with Crippen LogP contribution in [-0.2, 0) is 24.8 Å². The highest BCUT2D eigenvalue weighted by atomic mass is 32.2. The molecule has 1 fully saturated rings. The third-order valence-corrected chi connectivity index (χ3v) is 8.57. The summed E-state index contributed by atoms with van der Waals surface area (Å²) >= 11 is 0. The lowest BCUT2D eigenvalue weighted by Gasteiger charge is -2.34. The summed E-state index contributed by atoms with van der Waals surface area (Å²) in [5.74, 6) is 0.423. The third kappa shape index (κ3) is 6.24. The van der Waals surface area contributed by atoms with Gasteiger partial charge in [-0.2, -0.15) is 4.31 Å². The van der Waals surface area contributed by atoms with E-state index in [1.54, 1.807) is 59.5 Å². The number of sulfonamides is 2. The topological polar surface area (TPSA) is 104 Å². The van der Waals surface area contributed by atoms with E-state index in [0.717, 1.165) is 6.26 Å². The first-order chi connectivity index (χ1) is 15.6. The number of benzene rings is 2. The summed E-state index contributed by atoms with van der Waals surface area (Å²) in [4.78, 5) is 14.5. The van der Waals surface area contributed by atoms with Crippen LogP contribution in [0.4, 0.5) is 5.69 Å². The number of piperazine rings is 1. The monoisotopic (exact) mass is 495 g/mol. The molecule has 1 aliphatic rings. The predicted molar refractivity (Wildman–Crippen MR) is 126 cm³/mol. The minimum Gasteiger partial charge on any atom is -0.497 e. The molecule has 0 radical (unpaired) electrons. The van der Waals surface area contributed by atoms with E-state index in [2.05, 4.69) is 0 Å². The van der Waals surface area contributed by atoms with Crippen LogP contribution in [0.15, 0.2) is 59.5 Å². The summed E-state index contributed by atoms with van der Waals surface area (Å²) in [7, 11) is -5.61. The molecule has 1 aliphatic heterocycles. The van der Waals surface area contributed by atoms with Crippen molar-refractivity contribution in [3.8, 4) is 5.75 Å². The maximum Gasteiger partial charge on any atom is 0.243 e. The zero-order chi connectivity index (χ0) is 24.1. The van der Waals surface area contributed by atoms with Crippen LogP contribution in [0, 0.1) is 0 Å². The zero-order valence-electron chi connectivity index (χ0n) is 18.8. The molecule has 2 aromatic rings. The van der Waals surface area contributed by atoms with E-state index in [4.69, 9.17) is 4.74 Å². The minimum atomic E-state index is -3.58. The van der Waals surface area contributed by atoms with Gasteiger partial charge in [0.05, 0.1) is 23.9 Å². The summed E-state index contributed by atoms with van der Waals surface area (Å²) in [6.45, 7) is 1.21. The molecule has 0 aliphatic carbocycles. The molecule has 1 heterocycles. The van der Waals surface area contributed by atoms with Gasteiger partial charge in [-0.25, -0.2) is 16.8 Å². The van der Waals surface area contributed by atoms with Crippen LogP contribution in [0.1, 0.15) is 12.8 Å². The van der Waals surface area contributed by atoms with Crippen molar-refractivity contribution in [3.63, 3.8) is 0 Å². The summed E-state index contributed by atoms with van der Waals surface area (Å²) in [6.07, 6.45) is 1.63. The Morgan fingerprint density at radius 1 is 0.970 bits per heavy atom. The molecule has 11 heteroatoms. The second kappa shape index (κ2) is 10.5. The van der Waals surface area contributed by atoms with Gasteiger partial charge in [0.25, 0.3) is 0 Å². The van der Waals surface area contributed by atoms with Crippen molar-refractivity contribution in [3.05, 3.63) is 54.6 Å². The van der Waals surface area contributed by atoms with Crippen molar-refractivity contribution in [1.82, 2.24) is 9.21 Å². The van der Waals surface area contributed by atoms with E-state index in [9.17, 15) is 21.6 Å². The average Bonchev–Trinajstić information content (AvgIpc) is 2.81. The van der Waals surface area contributed by atoms with Gasteiger partial charge in [0.2, 0.25) is 26.0 Å². The number of amides is 1. The van der Waals surface area contributed by atoms with Crippen LogP contribution in [0.2, 0.25) is 0 Å². The highest BCUT2D eigenvalue weighted by Gasteiger charge is 2.30. The number of rotatable bonds is 9. The Hall–Kier alpha value is -2.63. The van der Waals surface area contributed by atoms with Crippen molar-refractivity contribution in [1.29, 1.82) is 0 Å². The normalized spacial score (nSPS) is 15.3. The Labute approximate surface area is 195 Å². The van der Waals surface area contributed by atoms with Gasteiger partial charge in [0, 0.05) is 45.2 Å². The highest BCUT2D eigenvalue weighted by Crippen LogP contribution is 2.24. The summed E-state index contributed by atoms with van der Waals surface area (Å²) in [5, 5.41) is 0. The van der Waals surface area contributed by atoms with Gasteiger partial charge in [0.15, 0.2) is 0 Å². The van der Waals surface area contributed by atoms with E-state index < -0.39 is 20.0 Å². The van der Waals surface area contributed by atoms with E-state index in [1.807, 2.05) is 0 Å². The highest BCUT2D eigenvalue weighted by molar-refractivity contribution is 7.92. The fraction of sp³-hybridized carbons (Fsp3) is 0.409. The Balaban J connectivity index is 1.54. The van der Waals surface area contributed by atoms with Gasteiger partial charge < -0.3 is 9.64 Å². The van der Waals surface area contributed by atoms with E-state index in [1.165, 1.54) is 15.7 Å². The summed E-state index contributed by atoms with van der Waals surface area (Å²) in [6, 6.07) is 15.0. The third-order valence-electron chi connectivity index (χ3n) is 5.47. The van der Waals surface area contributed by atoms with E-state index in [0.29, 0.717) is 30.9 Å². The minimum absolute atomic E-state index is 0.120. The van der Waals surface area contributed by atoms with Crippen molar-refractivity contribution in [2.24, 2.45) is 0 Å². The van der Waals surface area contributed by atoms with Crippen LogP contribution in [0.3, 0.4) is 0 Å². The molecule has 33 heavy (non-hydrogen) atoms. The largest absolute Gasteiger partial charge is 0.497 e. The zero-order valence-corrected chi connectivity index (χ0v) is 20.4. The van der Waals surface area contributed by atoms with Crippen LogP contribution in [0.25, 0.3) is 0 Å². The molecule has 180 valence electrons. The maximum absolute atomic E-state index is 12.7. The smallest absolute Gasteiger partial charge is 0.243 e. The lowest BCUT2D eigenvalue weighted by atomic mass is 10.2. The van der Waals surface area contributed by atoms with Crippen molar-refractivity contribution < 1.29 is 26.4 Å². The Kier molecular flexibility index (Phi) is 7.98. The lowest BCUT2D eigenvalue weighted by molar-refractivity contribution is -0.132. The number of hydrogen-bond donors (Lipinski definition) is 0. The average molecular weight is 496 g/mol. The molecule has 0 atom stereocenters. The number of carbonyl (C=O) groups excluding carboxylic acids is 1. The Morgan fingerprint density at radius 3 is 2.24 bits per heavy atom. The number of methoxy groups -OCH3 is 1. The Bertz CT molecular complexity index is 1160. The molecule has 9 nitrogen and oxygen atoms in total. The molecule has 0 spiro atoms. The molecule has 0 saturated carbocycles. The fourth-order valence-corrected chi connectivity index (χ4v) is 6.10. The molecule has 1 amide bonds. The first kappa shape index (κ1) is 25.0. The standard InChI is InChI=1S/C22H29N3O6S2/c1-31-20-9-6-8-19(18-20)25(32(2,27)28)13-7-12-22(26)23-14-16-24(17-15-23)33(29,30)21-10-4-3-5-11-21/h3-6,8-11,18H,7,12-17H2,1-2H3. The van der Waals surface area contributed by atoms with Crippen LogP contribution < -0.4 is 9.04 Å². The summed E-state index contributed by atoms with van der Waals surface area (Å²) in [5.41, 5.74) is 0.476.